The van der Waals surface area contributed by atoms with Gasteiger partial charge in [-0.15, -0.1) is 0 Å². The third-order valence-electron chi connectivity index (χ3n) is 4.51. The lowest BCUT2D eigenvalue weighted by Crippen LogP contribution is -2.50. The van der Waals surface area contributed by atoms with Crippen LogP contribution in [0.25, 0.3) is 0 Å². The lowest BCUT2D eigenvalue weighted by Gasteiger charge is -2.31. The highest BCUT2D eigenvalue weighted by Gasteiger charge is 2.30. The molecule has 1 unspecified atom stereocenters. The van der Waals surface area contributed by atoms with Crippen molar-refractivity contribution in [2.75, 3.05) is 24.2 Å². The Hall–Kier alpha value is -2.10. The molecule has 0 spiro atoms. The van der Waals surface area contributed by atoms with Crippen LogP contribution in [0, 0.1) is 0 Å². The van der Waals surface area contributed by atoms with Crippen molar-refractivity contribution < 1.29 is 18.0 Å². The fraction of sp³-hybridized carbons (Fsp3) is 0.300. The van der Waals surface area contributed by atoms with E-state index in [9.17, 15) is 18.0 Å². The van der Waals surface area contributed by atoms with Crippen molar-refractivity contribution in [1.29, 1.82) is 0 Å². The van der Waals surface area contributed by atoms with Crippen molar-refractivity contribution >= 4 is 55.1 Å². The van der Waals surface area contributed by atoms with Gasteiger partial charge < -0.3 is 10.2 Å². The third kappa shape index (κ3) is 6.20. The second-order valence-electron chi connectivity index (χ2n) is 6.65. The molecule has 0 aliphatic carbocycles. The summed E-state index contributed by atoms with van der Waals surface area (Å²) >= 11 is 9.54. The number of halogens is 2. The van der Waals surface area contributed by atoms with Crippen LogP contribution in [0.15, 0.2) is 53.0 Å². The number of sulfonamides is 1. The SMILES string of the molecule is CNC(=O)C(C)N(Cc1ccccc1Cl)C(=O)CN(c1ccc(Br)cc1)S(C)(=O)=O. The van der Waals surface area contributed by atoms with Crippen LogP contribution in [-0.4, -0.2) is 51.0 Å². The molecule has 0 aliphatic rings. The number of nitrogens with zero attached hydrogens (tertiary/aromatic N) is 2. The van der Waals surface area contributed by atoms with Gasteiger partial charge >= 0.3 is 0 Å². The third-order valence-corrected chi connectivity index (χ3v) is 6.54. The van der Waals surface area contributed by atoms with E-state index in [0.29, 0.717) is 16.3 Å². The highest BCUT2D eigenvalue weighted by molar-refractivity contribution is 9.10. The minimum absolute atomic E-state index is 0.0605. The Morgan fingerprint density at radius 3 is 2.27 bits per heavy atom. The number of rotatable bonds is 8. The first-order chi connectivity index (χ1) is 14.0. The van der Waals surface area contributed by atoms with Gasteiger partial charge in [0.05, 0.1) is 11.9 Å². The molecular weight excluding hydrogens is 494 g/mol. The fourth-order valence-electron chi connectivity index (χ4n) is 2.82. The van der Waals surface area contributed by atoms with Crippen molar-refractivity contribution in [2.24, 2.45) is 0 Å². The van der Waals surface area contributed by atoms with Crippen molar-refractivity contribution in [2.45, 2.75) is 19.5 Å². The summed E-state index contributed by atoms with van der Waals surface area (Å²) in [4.78, 5) is 26.8. The number of hydrogen-bond donors (Lipinski definition) is 1. The highest BCUT2D eigenvalue weighted by Crippen LogP contribution is 2.23. The molecule has 2 aromatic carbocycles. The van der Waals surface area contributed by atoms with E-state index in [2.05, 4.69) is 21.2 Å². The molecule has 0 heterocycles. The minimum atomic E-state index is -3.75. The van der Waals surface area contributed by atoms with Gasteiger partial charge in [-0.1, -0.05) is 45.7 Å². The van der Waals surface area contributed by atoms with Gasteiger partial charge in [0.25, 0.3) is 0 Å². The van der Waals surface area contributed by atoms with E-state index in [4.69, 9.17) is 11.6 Å². The molecule has 0 aromatic heterocycles. The van der Waals surface area contributed by atoms with Crippen molar-refractivity contribution in [3.63, 3.8) is 0 Å². The molecule has 1 atom stereocenters. The zero-order chi connectivity index (χ0) is 22.5. The molecule has 10 heteroatoms. The predicted octanol–water partition coefficient (Wildman–Crippen LogP) is 3.03. The molecule has 0 bridgehead atoms. The lowest BCUT2D eigenvalue weighted by atomic mass is 10.1. The first kappa shape index (κ1) is 24.2. The summed E-state index contributed by atoms with van der Waals surface area (Å²) in [5.41, 5.74) is 0.997. The van der Waals surface area contributed by atoms with E-state index in [1.807, 2.05) is 0 Å². The van der Waals surface area contributed by atoms with E-state index in [1.165, 1.54) is 11.9 Å². The van der Waals surface area contributed by atoms with Gasteiger partial charge in [-0.2, -0.15) is 0 Å². The number of hydrogen-bond acceptors (Lipinski definition) is 4. The average Bonchev–Trinajstić information content (AvgIpc) is 2.70. The second-order valence-corrected chi connectivity index (χ2v) is 9.88. The Kier molecular flexibility index (Phi) is 8.28. The van der Waals surface area contributed by atoms with Crippen LogP contribution in [0.1, 0.15) is 12.5 Å². The van der Waals surface area contributed by atoms with Crippen LogP contribution in [0.5, 0.6) is 0 Å². The largest absolute Gasteiger partial charge is 0.357 e. The van der Waals surface area contributed by atoms with Crippen LogP contribution < -0.4 is 9.62 Å². The molecule has 2 rings (SSSR count). The minimum Gasteiger partial charge on any atom is -0.357 e. The standard InChI is InChI=1S/C20H23BrClN3O4S/c1-14(20(27)23-2)24(12-15-6-4-5-7-18(15)22)19(26)13-25(30(3,28)29)17-10-8-16(21)9-11-17/h4-11,14H,12-13H2,1-3H3,(H,23,27). The molecule has 162 valence electrons. The summed E-state index contributed by atoms with van der Waals surface area (Å²) in [7, 11) is -2.27. The molecular formula is C20H23BrClN3O4S. The van der Waals surface area contributed by atoms with Crippen molar-refractivity contribution in [3.05, 3.63) is 63.6 Å². The van der Waals surface area contributed by atoms with Gasteiger partial charge in [-0.25, -0.2) is 8.42 Å². The monoisotopic (exact) mass is 515 g/mol. The number of nitrogens with one attached hydrogen (secondary N) is 1. The molecule has 0 aliphatic heterocycles. The van der Waals surface area contributed by atoms with Crippen LogP contribution in [-0.2, 0) is 26.2 Å². The van der Waals surface area contributed by atoms with E-state index in [-0.39, 0.29) is 12.5 Å². The zero-order valence-corrected chi connectivity index (χ0v) is 20.0. The molecule has 7 nitrogen and oxygen atoms in total. The van der Waals surface area contributed by atoms with Crippen molar-refractivity contribution in [1.82, 2.24) is 10.2 Å². The first-order valence-electron chi connectivity index (χ1n) is 9.02. The van der Waals surface area contributed by atoms with E-state index < -0.39 is 28.5 Å². The zero-order valence-electron chi connectivity index (χ0n) is 16.8. The maximum atomic E-state index is 13.2. The van der Waals surface area contributed by atoms with Crippen LogP contribution >= 0.6 is 27.5 Å². The number of carbonyl (C=O) groups excluding carboxylic acids is 2. The Bertz CT molecular complexity index is 1010. The molecule has 2 aromatic rings. The number of benzene rings is 2. The number of anilines is 1. The number of amides is 2. The normalized spacial score (nSPS) is 12.2. The van der Waals surface area contributed by atoms with Gasteiger partial charge in [0.15, 0.2) is 0 Å². The average molecular weight is 517 g/mol. The Labute approximate surface area is 190 Å². The van der Waals surface area contributed by atoms with Gasteiger partial charge in [-0.05, 0) is 42.8 Å². The van der Waals surface area contributed by atoms with Crippen LogP contribution in [0.3, 0.4) is 0 Å². The second kappa shape index (κ2) is 10.3. The Balaban J connectivity index is 2.38. The van der Waals surface area contributed by atoms with Gasteiger partial charge in [0, 0.05) is 23.1 Å². The van der Waals surface area contributed by atoms with Gasteiger partial charge in [0.2, 0.25) is 21.8 Å². The van der Waals surface area contributed by atoms with E-state index in [1.54, 1.807) is 55.5 Å². The van der Waals surface area contributed by atoms with Gasteiger partial charge in [0.1, 0.15) is 12.6 Å². The summed E-state index contributed by atoms with van der Waals surface area (Å²) < 4.78 is 26.6. The van der Waals surface area contributed by atoms with E-state index >= 15 is 0 Å². The Morgan fingerprint density at radius 1 is 1.13 bits per heavy atom. The smallest absolute Gasteiger partial charge is 0.244 e. The molecule has 1 N–H and O–H groups in total. The Morgan fingerprint density at radius 2 is 1.73 bits per heavy atom. The molecule has 0 saturated heterocycles. The fourth-order valence-corrected chi connectivity index (χ4v) is 4.13. The lowest BCUT2D eigenvalue weighted by molar-refractivity contribution is -0.139. The number of likely N-dealkylation sites (N-methyl/N-ethyl adjacent to an activating group) is 1. The van der Waals surface area contributed by atoms with Crippen LogP contribution in [0.2, 0.25) is 5.02 Å². The van der Waals surface area contributed by atoms with E-state index in [0.717, 1.165) is 15.0 Å². The first-order valence-corrected chi connectivity index (χ1v) is 12.0. The highest BCUT2D eigenvalue weighted by atomic mass is 79.9. The summed E-state index contributed by atoms with van der Waals surface area (Å²) in [5.74, 6) is -0.899. The molecule has 2 amide bonds. The molecule has 0 fully saturated rings. The number of carbonyl (C=O) groups is 2. The summed E-state index contributed by atoms with van der Waals surface area (Å²) in [6.07, 6.45) is 1.03. The summed E-state index contributed by atoms with van der Waals surface area (Å²) in [5, 5.41) is 2.97. The van der Waals surface area contributed by atoms with Crippen molar-refractivity contribution in [3.8, 4) is 0 Å². The predicted molar refractivity (Wildman–Crippen MR) is 122 cm³/mol. The molecule has 0 saturated carbocycles. The summed E-state index contributed by atoms with van der Waals surface area (Å²) in [6.45, 7) is 1.19. The van der Waals surface area contributed by atoms with Gasteiger partial charge in [-0.3, -0.25) is 13.9 Å². The van der Waals surface area contributed by atoms with Crippen LogP contribution in [0.4, 0.5) is 5.69 Å². The molecule has 0 radical (unpaired) electrons. The molecule has 30 heavy (non-hydrogen) atoms. The maximum absolute atomic E-state index is 13.2. The maximum Gasteiger partial charge on any atom is 0.244 e. The quantitative estimate of drug-likeness (QED) is 0.584. The topological polar surface area (TPSA) is 86.8 Å². The summed E-state index contributed by atoms with van der Waals surface area (Å²) in [6, 6.07) is 12.7.